The van der Waals surface area contributed by atoms with Crippen molar-refractivity contribution in [2.24, 2.45) is 0 Å². The molecular weight excluding hydrogens is 457 g/mol. The van der Waals surface area contributed by atoms with Crippen LogP contribution >= 0.6 is 11.6 Å². The van der Waals surface area contributed by atoms with Gasteiger partial charge in [-0.15, -0.1) is 0 Å². The van der Waals surface area contributed by atoms with Gasteiger partial charge in [-0.3, -0.25) is 9.59 Å². The standard InChI is InChI=1S/C27H19ClFNO4/c1-14-24(17-6-3-4-9-21(17)30-14)22(31)13-33-16-10-11-18-23(12-16)34-15(2)25(27(18)32)26-19(28)7-5-8-20(26)29/h3-12,30H,13H2,1-2H3. The second-order valence-electron chi connectivity index (χ2n) is 8.00. The number of benzene rings is 3. The van der Waals surface area contributed by atoms with Crippen molar-refractivity contribution in [2.45, 2.75) is 13.8 Å². The summed E-state index contributed by atoms with van der Waals surface area (Å²) < 4.78 is 26.0. The van der Waals surface area contributed by atoms with E-state index in [0.717, 1.165) is 16.6 Å². The Balaban J connectivity index is 1.46. The second-order valence-corrected chi connectivity index (χ2v) is 8.41. The molecule has 1 N–H and O–H groups in total. The smallest absolute Gasteiger partial charge is 0.202 e. The van der Waals surface area contributed by atoms with E-state index >= 15 is 0 Å². The molecule has 0 radical (unpaired) electrons. The number of Topliss-reactive ketones (excluding diaryl/α,β-unsaturated/α-hetero) is 1. The third-order valence-electron chi connectivity index (χ3n) is 5.79. The number of halogens is 2. The average Bonchev–Trinajstić information content (AvgIpc) is 3.14. The number of rotatable bonds is 5. The first-order chi connectivity index (χ1) is 16.3. The van der Waals surface area contributed by atoms with Crippen LogP contribution in [-0.2, 0) is 0 Å². The van der Waals surface area contributed by atoms with Gasteiger partial charge in [0, 0.05) is 33.8 Å². The van der Waals surface area contributed by atoms with Gasteiger partial charge in [0.15, 0.2) is 6.61 Å². The Hall–Kier alpha value is -3.90. The fraction of sp³-hybridized carbons (Fsp3) is 0.111. The number of hydrogen-bond acceptors (Lipinski definition) is 4. The molecule has 5 rings (SSSR count). The van der Waals surface area contributed by atoms with Gasteiger partial charge >= 0.3 is 0 Å². The summed E-state index contributed by atoms with van der Waals surface area (Å²) >= 11 is 6.17. The van der Waals surface area contributed by atoms with Crippen LogP contribution in [0.15, 0.2) is 69.9 Å². The molecule has 0 saturated heterocycles. The van der Waals surface area contributed by atoms with Crippen molar-refractivity contribution in [1.29, 1.82) is 0 Å². The number of hydrogen-bond donors (Lipinski definition) is 1. The van der Waals surface area contributed by atoms with Gasteiger partial charge in [0.2, 0.25) is 11.2 Å². The van der Waals surface area contributed by atoms with Crippen LogP contribution in [0.25, 0.3) is 33.0 Å². The average molecular weight is 476 g/mol. The molecule has 5 nitrogen and oxygen atoms in total. The Morgan fingerprint density at radius 3 is 2.62 bits per heavy atom. The molecule has 0 fully saturated rings. The second kappa shape index (κ2) is 8.47. The molecular formula is C27H19ClFNO4. The molecule has 0 aliphatic carbocycles. The molecule has 170 valence electrons. The first-order valence-corrected chi connectivity index (χ1v) is 11.0. The zero-order valence-electron chi connectivity index (χ0n) is 18.4. The number of nitrogens with one attached hydrogen (secondary N) is 1. The zero-order chi connectivity index (χ0) is 24.0. The molecule has 0 amide bonds. The van der Waals surface area contributed by atoms with Crippen molar-refractivity contribution < 1.29 is 18.3 Å². The molecule has 0 aliphatic heterocycles. The Morgan fingerprint density at radius 1 is 1.03 bits per heavy atom. The topological polar surface area (TPSA) is 72.3 Å². The van der Waals surface area contributed by atoms with E-state index in [-0.39, 0.29) is 45.3 Å². The van der Waals surface area contributed by atoms with Crippen molar-refractivity contribution in [3.05, 3.63) is 98.7 Å². The van der Waals surface area contributed by atoms with E-state index < -0.39 is 11.2 Å². The van der Waals surface area contributed by atoms with Gasteiger partial charge in [0.05, 0.1) is 16.0 Å². The number of aromatic amines is 1. The van der Waals surface area contributed by atoms with E-state index in [2.05, 4.69) is 4.98 Å². The van der Waals surface area contributed by atoms with E-state index in [9.17, 15) is 14.0 Å². The number of aryl methyl sites for hydroxylation is 2. The maximum Gasteiger partial charge on any atom is 0.202 e. The Bertz CT molecular complexity index is 1630. The van der Waals surface area contributed by atoms with Crippen molar-refractivity contribution in [3.63, 3.8) is 0 Å². The molecule has 2 heterocycles. The van der Waals surface area contributed by atoms with Crippen molar-refractivity contribution >= 4 is 39.3 Å². The minimum atomic E-state index is -0.603. The predicted octanol–water partition coefficient (Wildman–Crippen LogP) is 6.61. The first-order valence-electron chi connectivity index (χ1n) is 10.6. The van der Waals surface area contributed by atoms with Crippen LogP contribution in [0.2, 0.25) is 5.02 Å². The Labute approximate surface area is 198 Å². The SMILES string of the molecule is Cc1[nH]c2ccccc2c1C(=O)COc1ccc2c(=O)c(-c3c(F)cccc3Cl)c(C)oc2c1. The van der Waals surface area contributed by atoms with Crippen molar-refractivity contribution in [3.8, 4) is 16.9 Å². The van der Waals surface area contributed by atoms with Crippen LogP contribution in [0.3, 0.4) is 0 Å². The summed E-state index contributed by atoms with van der Waals surface area (Å²) in [6, 6.07) is 16.5. The highest BCUT2D eigenvalue weighted by molar-refractivity contribution is 6.33. The maximum atomic E-state index is 14.5. The van der Waals surface area contributed by atoms with E-state index in [1.165, 1.54) is 24.3 Å². The molecule has 0 bridgehead atoms. The fourth-order valence-electron chi connectivity index (χ4n) is 4.26. The van der Waals surface area contributed by atoms with Crippen molar-refractivity contribution in [1.82, 2.24) is 4.98 Å². The van der Waals surface area contributed by atoms with Gasteiger partial charge in [0.1, 0.15) is 22.9 Å². The lowest BCUT2D eigenvalue weighted by atomic mass is 10.0. The van der Waals surface area contributed by atoms with Gasteiger partial charge in [0.25, 0.3) is 0 Å². The summed E-state index contributed by atoms with van der Waals surface area (Å²) in [5.41, 5.74) is 2.21. The van der Waals surface area contributed by atoms with Crippen LogP contribution in [0.5, 0.6) is 5.75 Å². The lowest BCUT2D eigenvalue weighted by Crippen LogP contribution is -2.13. The highest BCUT2D eigenvalue weighted by Crippen LogP contribution is 2.33. The number of ketones is 1. The van der Waals surface area contributed by atoms with E-state index in [0.29, 0.717) is 11.3 Å². The maximum absolute atomic E-state index is 14.5. The normalized spacial score (nSPS) is 11.3. The highest BCUT2D eigenvalue weighted by atomic mass is 35.5. The summed E-state index contributed by atoms with van der Waals surface area (Å²) in [4.78, 5) is 29.3. The number of H-pyrrole nitrogens is 1. The number of ether oxygens (including phenoxy) is 1. The largest absolute Gasteiger partial charge is 0.485 e. The quantitative estimate of drug-likeness (QED) is 0.290. The van der Waals surface area contributed by atoms with Gasteiger partial charge in [-0.05, 0) is 44.2 Å². The predicted molar refractivity (Wildman–Crippen MR) is 130 cm³/mol. The molecule has 0 aliphatic rings. The lowest BCUT2D eigenvalue weighted by molar-refractivity contribution is 0.0922. The Morgan fingerprint density at radius 2 is 1.82 bits per heavy atom. The van der Waals surface area contributed by atoms with E-state index in [1.54, 1.807) is 19.1 Å². The van der Waals surface area contributed by atoms with Crippen LogP contribution < -0.4 is 10.2 Å². The van der Waals surface area contributed by atoms with Crippen LogP contribution in [-0.4, -0.2) is 17.4 Å². The summed E-state index contributed by atoms with van der Waals surface area (Å²) in [5, 5.41) is 1.22. The third kappa shape index (κ3) is 3.66. The van der Waals surface area contributed by atoms with Gasteiger partial charge in [-0.1, -0.05) is 35.9 Å². The third-order valence-corrected chi connectivity index (χ3v) is 6.11. The molecule has 2 aromatic heterocycles. The minimum absolute atomic E-state index is 0.0114. The van der Waals surface area contributed by atoms with Gasteiger partial charge < -0.3 is 14.1 Å². The summed E-state index contributed by atoms with van der Waals surface area (Å²) in [6.45, 7) is 3.25. The number of carbonyl (C=O) groups excluding carboxylic acids is 1. The van der Waals surface area contributed by atoms with Crippen LogP contribution in [0.4, 0.5) is 4.39 Å². The molecule has 0 saturated carbocycles. The molecule has 0 spiro atoms. The van der Waals surface area contributed by atoms with Crippen LogP contribution in [0, 0.1) is 19.7 Å². The summed E-state index contributed by atoms with van der Waals surface area (Å²) in [7, 11) is 0. The monoisotopic (exact) mass is 475 g/mol. The molecule has 0 atom stereocenters. The van der Waals surface area contributed by atoms with Gasteiger partial charge in [-0.25, -0.2) is 4.39 Å². The van der Waals surface area contributed by atoms with Crippen LogP contribution in [0.1, 0.15) is 21.8 Å². The molecule has 5 aromatic rings. The summed E-state index contributed by atoms with van der Waals surface area (Å²) in [6.07, 6.45) is 0. The minimum Gasteiger partial charge on any atom is -0.485 e. The highest BCUT2D eigenvalue weighted by Gasteiger charge is 2.20. The first kappa shape index (κ1) is 21.9. The fourth-order valence-corrected chi connectivity index (χ4v) is 4.52. The van der Waals surface area contributed by atoms with Gasteiger partial charge in [-0.2, -0.15) is 0 Å². The number of para-hydroxylation sites is 1. The number of fused-ring (bicyclic) bond motifs is 2. The number of aromatic nitrogens is 1. The molecule has 3 aromatic carbocycles. The van der Waals surface area contributed by atoms with E-state index in [1.807, 2.05) is 31.2 Å². The molecule has 34 heavy (non-hydrogen) atoms. The lowest BCUT2D eigenvalue weighted by Gasteiger charge is -2.11. The molecule has 7 heteroatoms. The number of carbonyl (C=O) groups is 1. The van der Waals surface area contributed by atoms with E-state index in [4.69, 9.17) is 20.8 Å². The Kier molecular flexibility index (Phi) is 5.46. The summed E-state index contributed by atoms with van der Waals surface area (Å²) in [5.74, 6) is -0.171. The van der Waals surface area contributed by atoms with Crippen molar-refractivity contribution in [2.75, 3.05) is 6.61 Å². The zero-order valence-corrected chi connectivity index (χ0v) is 19.1. The molecule has 0 unspecified atom stereocenters.